The van der Waals surface area contributed by atoms with Crippen LogP contribution in [0, 0.1) is 0 Å². The number of nitrogens with one attached hydrogen (secondary N) is 1. The van der Waals surface area contributed by atoms with Gasteiger partial charge in [0.25, 0.3) is 0 Å². The zero-order valence-electron chi connectivity index (χ0n) is 14.4. The second kappa shape index (κ2) is 9.03. The Bertz CT molecular complexity index is 732. The van der Waals surface area contributed by atoms with Gasteiger partial charge in [-0.15, -0.1) is 11.3 Å². The highest BCUT2D eigenvalue weighted by atomic mass is 32.1. The fourth-order valence-electron chi connectivity index (χ4n) is 2.17. The van der Waals surface area contributed by atoms with E-state index >= 15 is 0 Å². The lowest BCUT2D eigenvalue weighted by molar-refractivity contribution is 0.0594. The third-order valence-electron chi connectivity index (χ3n) is 3.37. The maximum absolute atomic E-state index is 12.6. The molecule has 2 amide bonds. The Kier molecular flexibility index (Phi) is 6.76. The van der Waals surface area contributed by atoms with Crippen LogP contribution in [0.2, 0.25) is 0 Å². The first kappa shape index (κ1) is 18.7. The largest absolute Gasteiger partial charge is 0.497 e. The topological polar surface area (TPSA) is 80.8 Å². The Morgan fingerprint density at radius 2 is 2.12 bits per heavy atom. The number of benzene rings is 1. The second-order valence-electron chi connectivity index (χ2n) is 5.20. The fraction of sp³-hybridized carbons (Fsp3) is 0.353. The number of nitrogens with zero attached hydrogens (tertiary/aromatic N) is 2. The van der Waals surface area contributed by atoms with Crippen molar-refractivity contribution in [3.63, 3.8) is 0 Å². The van der Waals surface area contributed by atoms with Crippen molar-refractivity contribution >= 4 is 29.0 Å². The predicted octanol–water partition coefficient (Wildman–Crippen LogP) is 3.38. The lowest BCUT2D eigenvalue weighted by Gasteiger charge is -2.21. The molecule has 0 fully saturated rings. The standard InChI is InChI=1S/C17H21N3O4S/c1-4-8-20(10-15-19-14(11-25-15)16(21)24-3)17(22)18-12-6-5-7-13(9-12)23-2/h5-7,9,11H,4,8,10H2,1-3H3,(H,18,22). The molecule has 1 heterocycles. The molecule has 0 bridgehead atoms. The van der Waals surface area contributed by atoms with Gasteiger partial charge in [-0.2, -0.15) is 0 Å². The van der Waals surface area contributed by atoms with Crippen LogP contribution < -0.4 is 10.1 Å². The summed E-state index contributed by atoms with van der Waals surface area (Å²) < 4.78 is 9.81. The van der Waals surface area contributed by atoms with Crippen molar-refractivity contribution in [2.75, 3.05) is 26.1 Å². The van der Waals surface area contributed by atoms with E-state index in [0.29, 0.717) is 29.5 Å². The third-order valence-corrected chi connectivity index (χ3v) is 4.21. The number of amides is 2. The summed E-state index contributed by atoms with van der Waals surface area (Å²) in [6.07, 6.45) is 0.806. The summed E-state index contributed by atoms with van der Waals surface area (Å²) in [7, 11) is 2.89. The molecule has 8 heteroatoms. The summed E-state index contributed by atoms with van der Waals surface area (Å²) in [6.45, 7) is 2.89. The molecule has 2 rings (SSSR count). The molecule has 7 nitrogen and oxygen atoms in total. The highest BCUT2D eigenvalue weighted by Gasteiger charge is 2.17. The minimum atomic E-state index is -0.481. The number of hydrogen-bond acceptors (Lipinski definition) is 6. The van der Waals surface area contributed by atoms with E-state index < -0.39 is 5.97 Å². The first-order valence-corrected chi connectivity index (χ1v) is 8.68. The van der Waals surface area contributed by atoms with Crippen molar-refractivity contribution in [1.29, 1.82) is 0 Å². The Hall–Kier alpha value is -2.61. The highest BCUT2D eigenvalue weighted by Crippen LogP contribution is 2.18. The van der Waals surface area contributed by atoms with Crippen LogP contribution in [0.15, 0.2) is 29.6 Å². The number of aromatic nitrogens is 1. The zero-order chi connectivity index (χ0) is 18.2. The van der Waals surface area contributed by atoms with Crippen molar-refractivity contribution in [2.45, 2.75) is 19.9 Å². The molecule has 1 N–H and O–H groups in total. The number of carbonyl (C=O) groups is 2. The van der Waals surface area contributed by atoms with E-state index in [9.17, 15) is 9.59 Å². The average molecular weight is 363 g/mol. The molecular weight excluding hydrogens is 342 g/mol. The van der Waals surface area contributed by atoms with Crippen LogP contribution in [0.3, 0.4) is 0 Å². The van der Waals surface area contributed by atoms with Gasteiger partial charge >= 0.3 is 12.0 Å². The maximum Gasteiger partial charge on any atom is 0.357 e. The van der Waals surface area contributed by atoms with E-state index in [0.717, 1.165) is 6.42 Å². The molecule has 0 aliphatic carbocycles. The summed E-state index contributed by atoms with van der Waals surface area (Å²) in [4.78, 5) is 29.9. The summed E-state index contributed by atoms with van der Waals surface area (Å²) in [5.41, 5.74) is 0.909. The van der Waals surface area contributed by atoms with Gasteiger partial charge in [0.15, 0.2) is 5.69 Å². The van der Waals surface area contributed by atoms with Crippen molar-refractivity contribution in [3.05, 3.63) is 40.3 Å². The van der Waals surface area contributed by atoms with Gasteiger partial charge in [-0.25, -0.2) is 14.6 Å². The van der Waals surface area contributed by atoms with Crippen LogP contribution in [0.25, 0.3) is 0 Å². The van der Waals surface area contributed by atoms with E-state index in [1.165, 1.54) is 18.4 Å². The van der Waals surface area contributed by atoms with E-state index in [2.05, 4.69) is 15.0 Å². The maximum atomic E-state index is 12.6. The number of carbonyl (C=O) groups excluding carboxylic acids is 2. The number of hydrogen-bond donors (Lipinski definition) is 1. The second-order valence-corrected chi connectivity index (χ2v) is 6.14. The van der Waals surface area contributed by atoms with Crippen LogP contribution in [-0.2, 0) is 11.3 Å². The number of esters is 1. The van der Waals surface area contributed by atoms with Gasteiger partial charge in [-0.05, 0) is 18.6 Å². The summed E-state index contributed by atoms with van der Waals surface area (Å²) in [5.74, 6) is 0.188. The monoisotopic (exact) mass is 363 g/mol. The minimum Gasteiger partial charge on any atom is -0.497 e. The fourth-order valence-corrected chi connectivity index (χ4v) is 2.95. The van der Waals surface area contributed by atoms with E-state index in [4.69, 9.17) is 4.74 Å². The van der Waals surface area contributed by atoms with Gasteiger partial charge in [0.1, 0.15) is 10.8 Å². The van der Waals surface area contributed by atoms with Gasteiger partial charge in [0, 0.05) is 23.7 Å². The minimum absolute atomic E-state index is 0.232. The van der Waals surface area contributed by atoms with E-state index in [-0.39, 0.29) is 11.7 Å². The lowest BCUT2D eigenvalue weighted by Crippen LogP contribution is -2.35. The van der Waals surface area contributed by atoms with E-state index in [1.807, 2.05) is 19.1 Å². The molecule has 25 heavy (non-hydrogen) atoms. The molecule has 0 aliphatic heterocycles. The number of methoxy groups -OCH3 is 2. The van der Waals surface area contributed by atoms with Crippen molar-refractivity contribution in [3.8, 4) is 5.75 Å². The number of urea groups is 1. The van der Waals surface area contributed by atoms with Crippen LogP contribution >= 0.6 is 11.3 Å². The van der Waals surface area contributed by atoms with Gasteiger partial charge < -0.3 is 19.7 Å². The first-order valence-electron chi connectivity index (χ1n) is 7.80. The molecule has 2 aromatic rings. The first-order chi connectivity index (χ1) is 12.1. The zero-order valence-corrected chi connectivity index (χ0v) is 15.3. The van der Waals surface area contributed by atoms with Gasteiger partial charge in [-0.1, -0.05) is 13.0 Å². The summed E-state index contributed by atoms with van der Waals surface area (Å²) >= 11 is 1.32. The molecule has 1 aromatic carbocycles. The van der Waals surface area contributed by atoms with Crippen molar-refractivity contribution < 1.29 is 19.1 Å². The molecule has 1 aromatic heterocycles. The molecule has 0 aliphatic rings. The normalized spacial score (nSPS) is 10.2. The van der Waals surface area contributed by atoms with Gasteiger partial charge in [0.2, 0.25) is 0 Å². The number of rotatable bonds is 7. The van der Waals surface area contributed by atoms with Crippen LogP contribution in [0.5, 0.6) is 5.75 Å². The van der Waals surface area contributed by atoms with Crippen LogP contribution in [-0.4, -0.2) is 42.6 Å². The molecule has 134 valence electrons. The van der Waals surface area contributed by atoms with Crippen LogP contribution in [0.1, 0.15) is 28.8 Å². The average Bonchev–Trinajstić information content (AvgIpc) is 3.09. The SMILES string of the molecule is CCCN(Cc1nc(C(=O)OC)cs1)C(=O)Nc1cccc(OC)c1. The smallest absolute Gasteiger partial charge is 0.357 e. The molecule has 0 atom stereocenters. The highest BCUT2D eigenvalue weighted by molar-refractivity contribution is 7.09. The summed E-state index contributed by atoms with van der Waals surface area (Å²) in [6, 6.07) is 6.93. The molecule has 0 unspecified atom stereocenters. The van der Waals surface area contributed by atoms with Gasteiger partial charge in [-0.3, -0.25) is 0 Å². The van der Waals surface area contributed by atoms with Crippen LogP contribution in [0.4, 0.5) is 10.5 Å². The predicted molar refractivity (Wildman–Crippen MR) is 96.2 cm³/mol. The molecule has 0 spiro atoms. The van der Waals surface area contributed by atoms with E-state index in [1.54, 1.807) is 29.5 Å². The Morgan fingerprint density at radius 1 is 1.32 bits per heavy atom. The molecule has 0 saturated heterocycles. The Morgan fingerprint density at radius 3 is 2.80 bits per heavy atom. The molecular formula is C17H21N3O4S. The van der Waals surface area contributed by atoms with Gasteiger partial charge in [0.05, 0.1) is 20.8 Å². The number of ether oxygens (including phenoxy) is 2. The van der Waals surface area contributed by atoms with Crippen molar-refractivity contribution in [2.24, 2.45) is 0 Å². The van der Waals surface area contributed by atoms with Crippen molar-refractivity contribution in [1.82, 2.24) is 9.88 Å². The Labute approximate surface area is 150 Å². The molecule has 0 radical (unpaired) electrons. The molecule has 0 saturated carbocycles. The summed E-state index contributed by atoms with van der Waals surface area (Å²) in [5, 5.41) is 5.16. The lowest BCUT2D eigenvalue weighted by atomic mass is 10.3. The Balaban J connectivity index is 2.06. The number of thiazole rings is 1. The third kappa shape index (κ3) is 5.18. The number of anilines is 1. The quantitative estimate of drug-likeness (QED) is 0.763.